The monoisotopic (exact) mass is 534 g/mol. The summed E-state index contributed by atoms with van der Waals surface area (Å²) in [6.45, 7) is 22.6. The Bertz CT molecular complexity index is 1300. The lowest BCUT2D eigenvalue weighted by atomic mass is 9.78. The average Bonchev–Trinajstić information content (AvgIpc) is 2.81. The number of fused-ring (bicyclic) bond motifs is 1. The molecular formula is C33H46O4Si. The third-order valence-corrected chi connectivity index (χ3v) is 12.8. The number of benzene rings is 3. The minimum atomic E-state index is -1.84. The fraction of sp³-hybridized carbons (Fsp3) is 0.485. The Morgan fingerprint density at radius 1 is 0.921 bits per heavy atom. The highest BCUT2D eigenvalue weighted by Crippen LogP contribution is 2.41. The van der Waals surface area contributed by atoms with Gasteiger partial charge >= 0.3 is 5.97 Å². The molecule has 4 nitrogen and oxygen atoms in total. The van der Waals surface area contributed by atoms with E-state index in [0.717, 1.165) is 45.2 Å². The van der Waals surface area contributed by atoms with Crippen molar-refractivity contribution in [3.8, 4) is 11.5 Å². The molecule has 5 heteroatoms. The highest BCUT2D eigenvalue weighted by Gasteiger charge is 2.38. The van der Waals surface area contributed by atoms with Crippen molar-refractivity contribution in [2.45, 2.75) is 91.3 Å². The number of esters is 1. The van der Waals surface area contributed by atoms with Crippen LogP contribution in [0.25, 0.3) is 10.8 Å². The average molecular weight is 535 g/mol. The summed E-state index contributed by atoms with van der Waals surface area (Å²) >= 11 is 0. The van der Waals surface area contributed by atoms with Gasteiger partial charge < -0.3 is 13.9 Å². The Hall–Kier alpha value is -2.63. The van der Waals surface area contributed by atoms with E-state index in [4.69, 9.17) is 13.9 Å². The molecule has 0 aliphatic carbocycles. The largest absolute Gasteiger partial charge is 0.497 e. The van der Waals surface area contributed by atoms with E-state index < -0.39 is 14.2 Å². The SMILES string of the molecule is COc1ccc2cc([C@H](C)C(=O)Oc3cc(C)cc(C)c3C(C)(C)CCO[Si](C)(C)C(C)(C)C)ccc2c1. The van der Waals surface area contributed by atoms with Gasteiger partial charge in [-0.15, -0.1) is 0 Å². The number of carbonyl (C=O) groups excluding carboxylic acids is 1. The van der Waals surface area contributed by atoms with Crippen molar-refractivity contribution in [3.63, 3.8) is 0 Å². The Morgan fingerprint density at radius 3 is 2.18 bits per heavy atom. The quantitative estimate of drug-likeness (QED) is 0.156. The molecule has 1 atom stereocenters. The van der Waals surface area contributed by atoms with Gasteiger partial charge in [0, 0.05) is 12.2 Å². The standard InChI is InChI=1S/C33H46O4Si/c1-22-18-23(2)30(33(7,8)16-17-36-38(10,11)32(4,5)6)29(19-22)37-31(34)24(3)25-12-13-27-21-28(35-9)15-14-26(27)20-25/h12-15,18-21,24H,16-17H2,1-11H3/t24-/m0/s1. The van der Waals surface area contributed by atoms with Gasteiger partial charge in [0.25, 0.3) is 0 Å². The van der Waals surface area contributed by atoms with Gasteiger partial charge in [0.1, 0.15) is 11.5 Å². The maximum Gasteiger partial charge on any atom is 0.318 e. The van der Waals surface area contributed by atoms with E-state index >= 15 is 0 Å². The zero-order valence-electron chi connectivity index (χ0n) is 25.2. The molecular weight excluding hydrogens is 488 g/mol. The molecule has 3 aromatic rings. The number of hydrogen-bond donors (Lipinski definition) is 0. The molecule has 0 bridgehead atoms. The summed E-state index contributed by atoms with van der Waals surface area (Å²) in [5.41, 5.74) is 4.00. The zero-order valence-corrected chi connectivity index (χ0v) is 26.2. The minimum Gasteiger partial charge on any atom is -0.497 e. The summed E-state index contributed by atoms with van der Waals surface area (Å²) in [4.78, 5) is 13.4. The molecule has 206 valence electrons. The first-order valence-electron chi connectivity index (χ1n) is 13.6. The first kappa shape index (κ1) is 29.9. The van der Waals surface area contributed by atoms with Gasteiger partial charge in [-0.25, -0.2) is 0 Å². The predicted octanol–water partition coefficient (Wildman–Crippen LogP) is 8.86. The van der Waals surface area contributed by atoms with Crippen molar-refractivity contribution in [1.29, 1.82) is 0 Å². The molecule has 38 heavy (non-hydrogen) atoms. The second-order valence-corrected chi connectivity index (χ2v) is 17.6. The number of hydrogen-bond acceptors (Lipinski definition) is 4. The summed E-state index contributed by atoms with van der Waals surface area (Å²) in [7, 11) is -0.174. The zero-order chi connectivity index (χ0) is 28.5. The lowest BCUT2D eigenvalue weighted by Gasteiger charge is -2.37. The van der Waals surface area contributed by atoms with Crippen LogP contribution in [-0.4, -0.2) is 28.0 Å². The maximum atomic E-state index is 13.4. The molecule has 0 spiro atoms. The summed E-state index contributed by atoms with van der Waals surface area (Å²) < 4.78 is 18.0. The number of rotatable bonds is 9. The van der Waals surface area contributed by atoms with E-state index in [1.807, 2.05) is 50.2 Å². The van der Waals surface area contributed by atoms with Gasteiger partial charge in [-0.2, -0.15) is 0 Å². The second-order valence-electron chi connectivity index (χ2n) is 12.8. The molecule has 3 rings (SSSR count). The van der Waals surface area contributed by atoms with Gasteiger partial charge in [-0.1, -0.05) is 65.0 Å². The molecule has 0 fully saturated rings. The molecule has 0 aromatic heterocycles. The summed E-state index contributed by atoms with van der Waals surface area (Å²) in [6.07, 6.45) is 0.845. The van der Waals surface area contributed by atoms with Crippen LogP contribution >= 0.6 is 0 Å². The molecule has 0 unspecified atom stereocenters. The van der Waals surface area contributed by atoms with Crippen molar-refractivity contribution in [1.82, 2.24) is 0 Å². The summed E-state index contributed by atoms with van der Waals surface area (Å²) in [6, 6.07) is 16.2. The number of aryl methyl sites for hydroxylation is 2. The Morgan fingerprint density at radius 2 is 1.55 bits per heavy atom. The van der Waals surface area contributed by atoms with E-state index in [1.165, 1.54) is 0 Å². The van der Waals surface area contributed by atoms with Gasteiger partial charge in [-0.05, 0) is 96.4 Å². The van der Waals surface area contributed by atoms with Crippen molar-refractivity contribution in [2.24, 2.45) is 0 Å². The van der Waals surface area contributed by atoms with Crippen LogP contribution in [0.5, 0.6) is 11.5 Å². The molecule has 0 radical (unpaired) electrons. The molecule has 0 amide bonds. The predicted molar refractivity (Wildman–Crippen MR) is 161 cm³/mol. The maximum absolute atomic E-state index is 13.4. The van der Waals surface area contributed by atoms with Crippen LogP contribution in [0.4, 0.5) is 0 Å². The molecule has 0 saturated carbocycles. The highest BCUT2D eigenvalue weighted by atomic mass is 28.4. The summed E-state index contributed by atoms with van der Waals surface area (Å²) in [5, 5.41) is 2.31. The van der Waals surface area contributed by atoms with Gasteiger partial charge in [0.05, 0.1) is 13.0 Å². The van der Waals surface area contributed by atoms with Gasteiger partial charge in [-0.3, -0.25) is 4.79 Å². The number of methoxy groups -OCH3 is 1. The highest BCUT2D eigenvalue weighted by molar-refractivity contribution is 6.74. The lowest BCUT2D eigenvalue weighted by Crippen LogP contribution is -2.41. The Kier molecular flexibility index (Phi) is 8.84. The van der Waals surface area contributed by atoms with Crippen LogP contribution < -0.4 is 9.47 Å². The molecule has 0 N–H and O–H groups in total. The summed E-state index contributed by atoms with van der Waals surface area (Å²) in [5.74, 6) is 0.817. The van der Waals surface area contributed by atoms with Crippen molar-refractivity contribution in [2.75, 3.05) is 13.7 Å². The van der Waals surface area contributed by atoms with Crippen LogP contribution in [0.15, 0.2) is 48.5 Å². The first-order chi connectivity index (χ1) is 17.6. The Balaban J connectivity index is 1.84. The second kappa shape index (κ2) is 11.2. The third kappa shape index (κ3) is 6.67. The molecule has 0 aliphatic heterocycles. The topological polar surface area (TPSA) is 44.8 Å². The smallest absolute Gasteiger partial charge is 0.318 e. The molecule has 0 aliphatic rings. The van der Waals surface area contributed by atoms with E-state index in [0.29, 0.717) is 12.4 Å². The van der Waals surface area contributed by atoms with Crippen LogP contribution in [-0.2, 0) is 14.6 Å². The van der Waals surface area contributed by atoms with Crippen molar-refractivity contribution >= 4 is 25.1 Å². The van der Waals surface area contributed by atoms with Crippen molar-refractivity contribution in [3.05, 3.63) is 70.8 Å². The van der Waals surface area contributed by atoms with E-state index in [2.05, 4.69) is 66.8 Å². The third-order valence-electron chi connectivity index (χ3n) is 8.25. The molecule has 3 aromatic carbocycles. The lowest BCUT2D eigenvalue weighted by molar-refractivity contribution is -0.135. The minimum absolute atomic E-state index is 0.169. The van der Waals surface area contributed by atoms with Crippen LogP contribution in [0.3, 0.4) is 0 Å². The van der Waals surface area contributed by atoms with Crippen LogP contribution in [0.1, 0.15) is 76.1 Å². The Labute approximate surface area is 230 Å². The number of ether oxygens (including phenoxy) is 2. The van der Waals surface area contributed by atoms with Crippen LogP contribution in [0.2, 0.25) is 18.1 Å². The van der Waals surface area contributed by atoms with E-state index in [1.54, 1.807) is 7.11 Å². The molecule has 0 saturated heterocycles. The van der Waals surface area contributed by atoms with Crippen LogP contribution in [0, 0.1) is 13.8 Å². The van der Waals surface area contributed by atoms with E-state index in [9.17, 15) is 4.79 Å². The molecule has 0 heterocycles. The van der Waals surface area contributed by atoms with Gasteiger partial charge in [0.2, 0.25) is 0 Å². The normalized spacial score (nSPS) is 13.4. The van der Waals surface area contributed by atoms with E-state index in [-0.39, 0.29) is 16.4 Å². The van der Waals surface area contributed by atoms with Gasteiger partial charge in [0.15, 0.2) is 8.32 Å². The first-order valence-corrected chi connectivity index (χ1v) is 16.5. The fourth-order valence-electron chi connectivity index (χ4n) is 4.75. The van der Waals surface area contributed by atoms with Crippen molar-refractivity contribution < 1.29 is 18.7 Å². The number of carbonyl (C=O) groups is 1. The fourth-order valence-corrected chi connectivity index (χ4v) is 5.80.